The Morgan fingerprint density at radius 1 is 1.04 bits per heavy atom. The summed E-state index contributed by atoms with van der Waals surface area (Å²) in [5.74, 6) is 0. The minimum absolute atomic E-state index is 0.0954. The summed E-state index contributed by atoms with van der Waals surface area (Å²) in [6, 6.07) is 5.14. The third-order valence-electron chi connectivity index (χ3n) is 5.50. The molecule has 3 rings (SSSR count). The lowest BCUT2D eigenvalue weighted by Crippen LogP contribution is -2.59. The maximum absolute atomic E-state index is 12.8. The summed E-state index contributed by atoms with van der Waals surface area (Å²) in [7, 11) is -7.81. The molecular formula is C17H27N3O5S2. The lowest BCUT2D eigenvalue weighted by atomic mass is 9.80. The molecule has 1 saturated carbocycles. The normalized spacial score (nSPS) is 21.8. The fraction of sp³-hybridized carbons (Fsp3) is 0.647. The summed E-state index contributed by atoms with van der Waals surface area (Å²) in [4.78, 5) is 2.03. The largest absolute Gasteiger partial charge is 0.379 e. The van der Waals surface area contributed by atoms with Gasteiger partial charge in [-0.15, -0.1) is 0 Å². The zero-order valence-electron chi connectivity index (χ0n) is 15.3. The predicted molar refractivity (Wildman–Crippen MR) is 101 cm³/mol. The van der Waals surface area contributed by atoms with E-state index < -0.39 is 20.0 Å². The van der Waals surface area contributed by atoms with E-state index >= 15 is 0 Å². The van der Waals surface area contributed by atoms with Gasteiger partial charge in [0.1, 0.15) is 0 Å². The quantitative estimate of drug-likeness (QED) is 0.701. The van der Waals surface area contributed by atoms with E-state index in [1.165, 1.54) is 18.2 Å². The zero-order chi connectivity index (χ0) is 19.5. The molecule has 8 nitrogen and oxygen atoms in total. The number of nitrogens with two attached hydrogens (primary N) is 1. The van der Waals surface area contributed by atoms with E-state index in [4.69, 9.17) is 9.88 Å². The van der Waals surface area contributed by atoms with Gasteiger partial charge in [-0.05, 0) is 31.0 Å². The molecule has 0 amide bonds. The Kier molecular flexibility index (Phi) is 6.24. The average Bonchev–Trinajstić information content (AvgIpc) is 2.67. The second-order valence-corrected chi connectivity index (χ2v) is 10.6. The second-order valence-electron chi connectivity index (χ2n) is 7.23. The van der Waals surface area contributed by atoms with Crippen molar-refractivity contribution in [1.82, 2.24) is 9.62 Å². The van der Waals surface area contributed by atoms with Crippen molar-refractivity contribution in [2.45, 2.75) is 47.4 Å². The fourth-order valence-corrected chi connectivity index (χ4v) is 5.78. The van der Waals surface area contributed by atoms with Crippen molar-refractivity contribution in [2.24, 2.45) is 5.14 Å². The molecule has 1 aromatic carbocycles. The number of hydrogen-bond acceptors (Lipinski definition) is 6. The van der Waals surface area contributed by atoms with E-state index in [9.17, 15) is 16.8 Å². The predicted octanol–water partition coefficient (Wildman–Crippen LogP) is 0.647. The van der Waals surface area contributed by atoms with Crippen LogP contribution in [0.25, 0.3) is 0 Å². The van der Waals surface area contributed by atoms with Crippen LogP contribution < -0.4 is 9.86 Å². The number of morpholine rings is 1. The Morgan fingerprint density at radius 2 is 1.67 bits per heavy atom. The number of primary sulfonamides is 1. The highest BCUT2D eigenvalue weighted by atomic mass is 32.2. The molecule has 0 aromatic heterocycles. The molecule has 0 spiro atoms. The maximum Gasteiger partial charge on any atom is 0.240 e. The van der Waals surface area contributed by atoms with Crippen molar-refractivity contribution in [3.05, 3.63) is 24.3 Å². The van der Waals surface area contributed by atoms with Crippen molar-refractivity contribution < 1.29 is 21.6 Å². The van der Waals surface area contributed by atoms with Gasteiger partial charge in [-0.25, -0.2) is 26.7 Å². The van der Waals surface area contributed by atoms with Gasteiger partial charge in [0.05, 0.1) is 23.0 Å². The van der Waals surface area contributed by atoms with Gasteiger partial charge in [0, 0.05) is 25.2 Å². The number of nitrogens with zero attached hydrogens (tertiary/aromatic N) is 1. The van der Waals surface area contributed by atoms with Gasteiger partial charge in [-0.3, -0.25) is 4.90 Å². The molecule has 3 N–H and O–H groups in total. The van der Waals surface area contributed by atoms with Gasteiger partial charge < -0.3 is 4.74 Å². The highest BCUT2D eigenvalue weighted by Crippen LogP contribution is 2.34. The van der Waals surface area contributed by atoms with E-state index in [2.05, 4.69) is 9.62 Å². The first kappa shape index (κ1) is 20.7. The molecule has 0 unspecified atom stereocenters. The molecule has 1 aromatic rings. The number of nitrogens with one attached hydrogen (secondary N) is 1. The highest BCUT2D eigenvalue weighted by molar-refractivity contribution is 7.90. The maximum atomic E-state index is 12.8. The first-order valence-electron chi connectivity index (χ1n) is 9.18. The van der Waals surface area contributed by atoms with Crippen molar-refractivity contribution in [1.29, 1.82) is 0 Å². The van der Waals surface area contributed by atoms with Crippen LogP contribution in [0, 0.1) is 0 Å². The molecule has 1 aliphatic heterocycles. The Bertz CT molecular complexity index is 858. The molecule has 152 valence electrons. The Balaban J connectivity index is 1.80. The van der Waals surface area contributed by atoms with Crippen LogP contribution in [0.2, 0.25) is 0 Å². The number of benzene rings is 1. The lowest BCUT2D eigenvalue weighted by Gasteiger charge is -2.48. The van der Waals surface area contributed by atoms with Gasteiger partial charge in [0.25, 0.3) is 0 Å². The molecule has 0 atom stereocenters. The van der Waals surface area contributed by atoms with E-state index in [0.29, 0.717) is 19.8 Å². The topological polar surface area (TPSA) is 119 Å². The number of sulfonamides is 2. The highest BCUT2D eigenvalue weighted by Gasteiger charge is 2.39. The van der Waals surface area contributed by atoms with E-state index in [1.54, 1.807) is 0 Å². The van der Waals surface area contributed by atoms with Gasteiger partial charge in [0.2, 0.25) is 20.0 Å². The summed E-state index contributed by atoms with van der Waals surface area (Å²) in [6.07, 6.45) is 5.18. The first-order valence-corrected chi connectivity index (χ1v) is 12.2. The van der Waals surface area contributed by atoms with Crippen LogP contribution in [-0.2, 0) is 24.8 Å². The second kappa shape index (κ2) is 8.14. The molecule has 1 saturated heterocycles. The molecule has 2 fully saturated rings. The third kappa shape index (κ3) is 4.87. The summed E-state index contributed by atoms with van der Waals surface area (Å²) >= 11 is 0. The number of rotatable bonds is 6. The zero-order valence-corrected chi connectivity index (χ0v) is 16.9. The van der Waals surface area contributed by atoms with Gasteiger partial charge in [0.15, 0.2) is 0 Å². The van der Waals surface area contributed by atoms with Gasteiger partial charge in [-0.2, -0.15) is 0 Å². The van der Waals surface area contributed by atoms with Gasteiger partial charge >= 0.3 is 0 Å². The van der Waals surface area contributed by atoms with Crippen LogP contribution in [0.5, 0.6) is 0 Å². The summed E-state index contributed by atoms with van der Waals surface area (Å²) in [5, 5.41) is 5.12. The third-order valence-corrected chi connectivity index (χ3v) is 7.81. The van der Waals surface area contributed by atoms with Crippen LogP contribution in [0.1, 0.15) is 32.1 Å². The number of ether oxygens (including phenoxy) is 1. The smallest absolute Gasteiger partial charge is 0.240 e. The standard InChI is InChI=1S/C17H27N3O5S2/c18-26(21,22)15-5-4-6-16(13-15)27(23,24)19-14-17(7-2-1-3-8-17)20-9-11-25-12-10-20/h4-6,13,19H,1-3,7-12,14H2,(H2,18,21,22). The van der Waals surface area contributed by atoms with Crippen LogP contribution in [0.3, 0.4) is 0 Å². The van der Waals surface area contributed by atoms with E-state index in [1.807, 2.05) is 0 Å². The van der Waals surface area contributed by atoms with Crippen molar-refractivity contribution in [2.75, 3.05) is 32.8 Å². The Morgan fingerprint density at radius 3 is 2.30 bits per heavy atom. The van der Waals surface area contributed by atoms with Crippen LogP contribution in [-0.4, -0.2) is 60.1 Å². The van der Waals surface area contributed by atoms with Crippen LogP contribution in [0.15, 0.2) is 34.1 Å². The molecule has 2 aliphatic rings. The summed E-state index contributed by atoms with van der Waals surface area (Å²) in [5.41, 5.74) is -0.216. The number of hydrogen-bond donors (Lipinski definition) is 2. The first-order chi connectivity index (χ1) is 12.7. The molecule has 1 aliphatic carbocycles. The van der Waals surface area contributed by atoms with Crippen LogP contribution in [0.4, 0.5) is 0 Å². The Hall–Kier alpha value is -1.04. The van der Waals surface area contributed by atoms with E-state index in [0.717, 1.165) is 51.3 Å². The SMILES string of the molecule is NS(=O)(=O)c1cccc(S(=O)(=O)NCC2(N3CCOCC3)CCCCC2)c1. The molecule has 1 heterocycles. The molecule has 10 heteroatoms. The average molecular weight is 418 g/mol. The lowest BCUT2D eigenvalue weighted by molar-refractivity contribution is -0.0348. The van der Waals surface area contributed by atoms with Crippen molar-refractivity contribution in [3.8, 4) is 0 Å². The van der Waals surface area contributed by atoms with Gasteiger partial charge in [-0.1, -0.05) is 25.3 Å². The summed E-state index contributed by atoms with van der Waals surface area (Å²) in [6.45, 7) is 3.20. The van der Waals surface area contributed by atoms with E-state index in [-0.39, 0.29) is 15.3 Å². The fourth-order valence-electron chi connectivity index (χ4n) is 3.98. The van der Waals surface area contributed by atoms with Crippen molar-refractivity contribution >= 4 is 20.0 Å². The molecular weight excluding hydrogens is 390 g/mol. The minimum Gasteiger partial charge on any atom is -0.379 e. The minimum atomic E-state index is -3.96. The Labute approximate surface area is 161 Å². The summed E-state index contributed by atoms with van der Waals surface area (Å²) < 4.78 is 56.8. The van der Waals surface area contributed by atoms with Crippen molar-refractivity contribution in [3.63, 3.8) is 0 Å². The molecule has 0 radical (unpaired) electrons. The molecule has 27 heavy (non-hydrogen) atoms. The monoisotopic (exact) mass is 417 g/mol. The molecule has 0 bridgehead atoms. The van der Waals surface area contributed by atoms with Crippen LogP contribution >= 0.6 is 0 Å².